The molecule has 1 fully saturated rings. The van der Waals surface area contributed by atoms with E-state index in [1.807, 2.05) is 0 Å². The highest BCUT2D eigenvalue weighted by atomic mass is 79.9. The van der Waals surface area contributed by atoms with Crippen molar-refractivity contribution in [2.24, 2.45) is 0 Å². The summed E-state index contributed by atoms with van der Waals surface area (Å²) in [7, 11) is 3.05. The Kier molecular flexibility index (Phi) is 6.69. The molecule has 0 aromatic heterocycles. The molecule has 27 heavy (non-hydrogen) atoms. The number of halogens is 1. The first-order valence-corrected chi connectivity index (χ1v) is 9.22. The van der Waals surface area contributed by atoms with Crippen LogP contribution in [-0.2, 0) is 20.7 Å². The van der Waals surface area contributed by atoms with E-state index >= 15 is 0 Å². The highest BCUT2D eigenvalue weighted by Crippen LogP contribution is 2.39. The Labute approximate surface area is 166 Å². The Hall–Kier alpha value is -2.29. The quantitative estimate of drug-likeness (QED) is 0.554. The largest absolute Gasteiger partial charge is 0.514 e. The lowest BCUT2D eigenvalue weighted by atomic mass is 10.0. The molecule has 2 amide bonds. The van der Waals surface area contributed by atoms with Gasteiger partial charge in [0.25, 0.3) is 0 Å². The fourth-order valence-electron chi connectivity index (χ4n) is 2.82. The molecule has 8 nitrogen and oxygen atoms in total. The second kappa shape index (κ2) is 8.60. The number of piperazine rings is 1. The first-order chi connectivity index (χ1) is 12.6. The highest BCUT2D eigenvalue weighted by Gasteiger charge is 2.31. The predicted molar refractivity (Wildman–Crippen MR) is 101 cm³/mol. The van der Waals surface area contributed by atoms with Crippen molar-refractivity contribution >= 4 is 33.9 Å². The molecule has 9 heteroatoms. The van der Waals surface area contributed by atoms with Crippen molar-refractivity contribution < 1.29 is 28.6 Å². The number of likely N-dealkylation sites (N-methyl/N-ethyl adjacent to an activating group) is 1. The predicted octanol–water partition coefficient (Wildman–Crippen LogP) is 2.19. The van der Waals surface area contributed by atoms with Crippen molar-refractivity contribution in [2.75, 3.05) is 20.7 Å². The van der Waals surface area contributed by atoms with Gasteiger partial charge < -0.3 is 24.4 Å². The normalized spacial score (nSPS) is 17.0. The smallest absolute Gasteiger partial charge is 0.493 e. The number of methoxy groups -OCH3 is 1. The number of ether oxygens (including phenoxy) is 3. The van der Waals surface area contributed by atoms with Crippen molar-refractivity contribution in [3.63, 3.8) is 0 Å². The molecule has 0 saturated carbocycles. The Morgan fingerprint density at radius 2 is 2.07 bits per heavy atom. The van der Waals surface area contributed by atoms with Crippen LogP contribution in [0.2, 0.25) is 0 Å². The van der Waals surface area contributed by atoms with Crippen molar-refractivity contribution in [3.05, 3.63) is 21.7 Å². The zero-order valence-electron chi connectivity index (χ0n) is 15.9. The summed E-state index contributed by atoms with van der Waals surface area (Å²) < 4.78 is 16.4. The average Bonchev–Trinajstić information content (AvgIpc) is 2.56. The van der Waals surface area contributed by atoms with E-state index in [9.17, 15) is 14.4 Å². The van der Waals surface area contributed by atoms with Crippen LogP contribution in [0.5, 0.6) is 11.5 Å². The number of carbonyl (C=O) groups is 3. The summed E-state index contributed by atoms with van der Waals surface area (Å²) in [4.78, 5) is 37.4. The van der Waals surface area contributed by atoms with E-state index < -0.39 is 12.2 Å². The molecule has 2 rings (SSSR count). The van der Waals surface area contributed by atoms with Gasteiger partial charge in [-0.25, -0.2) is 4.79 Å². The molecule has 1 aromatic rings. The summed E-state index contributed by atoms with van der Waals surface area (Å²) in [5, 5.41) is 2.69. The molecule has 1 aliphatic rings. The molecule has 0 bridgehead atoms. The molecule has 1 aromatic carbocycles. The molecule has 0 spiro atoms. The van der Waals surface area contributed by atoms with E-state index in [0.717, 1.165) is 0 Å². The van der Waals surface area contributed by atoms with E-state index in [0.29, 0.717) is 21.3 Å². The van der Waals surface area contributed by atoms with E-state index in [4.69, 9.17) is 14.2 Å². The van der Waals surface area contributed by atoms with E-state index in [1.165, 1.54) is 12.0 Å². The van der Waals surface area contributed by atoms with Gasteiger partial charge in [-0.2, -0.15) is 0 Å². The third kappa shape index (κ3) is 4.91. The van der Waals surface area contributed by atoms with Gasteiger partial charge in [-0.05, 0) is 32.4 Å². The minimum atomic E-state index is -0.849. The van der Waals surface area contributed by atoms with Crippen LogP contribution >= 0.6 is 15.9 Å². The van der Waals surface area contributed by atoms with Crippen molar-refractivity contribution in [1.29, 1.82) is 0 Å². The van der Waals surface area contributed by atoms with Crippen LogP contribution in [0, 0.1) is 6.92 Å². The molecule has 1 N–H and O–H groups in total. The summed E-state index contributed by atoms with van der Waals surface area (Å²) in [6.07, 6.45) is -0.946. The van der Waals surface area contributed by atoms with Crippen molar-refractivity contribution in [2.45, 2.75) is 39.3 Å². The fourth-order valence-corrected chi connectivity index (χ4v) is 3.27. The second-order valence-corrected chi connectivity index (χ2v) is 7.34. The summed E-state index contributed by atoms with van der Waals surface area (Å²) in [5.74, 6) is 0.154. The second-order valence-electron chi connectivity index (χ2n) is 6.54. The number of benzene rings is 1. The number of amides is 2. The van der Waals surface area contributed by atoms with E-state index in [1.54, 1.807) is 33.9 Å². The maximum atomic E-state index is 12.3. The van der Waals surface area contributed by atoms with Crippen LogP contribution in [-0.4, -0.2) is 55.7 Å². The molecule has 0 aliphatic carbocycles. The summed E-state index contributed by atoms with van der Waals surface area (Å²) >= 11 is 3.50. The SMILES string of the molecule is COc1c(OC(=O)OC(C)C)cc(CC2NC(=O)CN(C)C2=O)c(Br)c1C. The van der Waals surface area contributed by atoms with Gasteiger partial charge in [-0.1, -0.05) is 15.9 Å². The number of carbonyl (C=O) groups excluding carboxylic acids is 3. The number of rotatable bonds is 5. The zero-order valence-corrected chi connectivity index (χ0v) is 17.5. The summed E-state index contributed by atoms with van der Waals surface area (Å²) in [6.45, 7) is 5.25. The lowest BCUT2D eigenvalue weighted by Crippen LogP contribution is -2.57. The number of nitrogens with zero attached hydrogens (tertiary/aromatic N) is 1. The van der Waals surface area contributed by atoms with Crippen LogP contribution in [0.15, 0.2) is 10.5 Å². The van der Waals surface area contributed by atoms with Gasteiger partial charge in [-0.3, -0.25) is 9.59 Å². The minimum Gasteiger partial charge on any atom is -0.493 e. The van der Waals surface area contributed by atoms with Gasteiger partial charge in [0, 0.05) is 23.5 Å². The van der Waals surface area contributed by atoms with Gasteiger partial charge in [-0.15, -0.1) is 0 Å². The first kappa shape index (κ1) is 21.0. The van der Waals surface area contributed by atoms with E-state index in [-0.39, 0.29) is 36.6 Å². The first-order valence-electron chi connectivity index (χ1n) is 8.42. The van der Waals surface area contributed by atoms with Gasteiger partial charge >= 0.3 is 6.16 Å². The number of hydrogen-bond acceptors (Lipinski definition) is 6. The molecule has 1 heterocycles. The van der Waals surface area contributed by atoms with Crippen molar-refractivity contribution in [1.82, 2.24) is 10.2 Å². The molecule has 1 unspecified atom stereocenters. The Morgan fingerprint density at radius 3 is 2.67 bits per heavy atom. The van der Waals surface area contributed by atoms with E-state index in [2.05, 4.69) is 21.2 Å². The molecular weight excluding hydrogens is 420 g/mol. The maximum absolute atomic E-state index is 12.3. The van der Waals surface area contributed by atoms with Crippen LogP contribution in [0.1, 0.15) is 25.0 Å². The van der Waals surface area contributed by atoms with Gasteiger partial charge in [0.2, 0.25) is 11.8 Å². The summed E-state index contributed by atoms with van der Waals surface area (Å²) in [5.41, 5.74) is 1.39. The maximum Gasteiger partial charge on any atom is 0.514 e. The van der Waals surface area contributed by atoms with Gasteiger partial charge in [0.1, 0.15) is 6.04 Å². The molecule has 0 radical (unpaired) electrons. The summed E-state index contributed by atoms with van der Waals surface area (Å²) in [6, 6.07) is 0.904. The third-order valence-electron chi connectivity index (χ3n) is 4.02. The topological polar surface area (TPSA) is 94.2 Å². The van der Waals surface area contributed by atoms with Crippen LogP contribution in [0.3, 0.4) is 0 Å². The van der Waals surface area contributed by atoms with Crippen molar-refractivity contribution in [3.8, 4) is 11.5 Å². The standard InChI is InChI=1S/C18H23BrN2O6/c1-9(2)26-18(24)27-13-7-11(15(19)10(3)16(13)25-5)6-12-17(23)21(4)8-14(22)20-12/h7,9,12H,6,8H2,1-5H3,(H,20,22). The Balaban J connectivity index is 2.34. The highest BCUT2D eigenvalue weighted by molar-refractivity contribution is 9.10. The molecule has 1 atom stereocenters. The number of nitrogens with one attached hydrogen (secondary N) is 1. The lowest BCUT2D eigenvalue weighted by Gasteiger charge is -2.30. The molecule has 1 aliphatic heterocycles. The average molecular weight is 443 g/mol. The Morgan fingerprint density at radius 1 is 1.41 bits per heavy atom. The Bertz CT molecular complexity index is 765. The third-order valence-corrected chi connectivity index (χ3v) is 5.13. The van der Waals surface area contributed by atoms with Crippen LogP contribution in [0.4, 0.5) is 4.79 Å². The lowest BCUT2D eigenvalue weighted by molar-refractivity contribution is -0.142. The molecule has 1 saturated heterocycles. The molecule has 148 valence electrons. The number of hydrogen-bond donors (Lipinski definition) is 1. The zero-order chi connectivity index (χ0) is 20.3. The minimum absolute atomic E-state index is 0.0353. The monoisotopic (exact) mass is 442 g/mol. The van der Waals surface area contributed by atoms with Gasteiger partial charge in [0.15, 0.2) is 11.5 Å². The fraction of sp³-hybridized carbons (Fsp3) is 0.500. The van der Waals surface area contributed by atoms with Crippen LogP contribution < -0.4 is 14.8 Å². The van der Waals surface area contributed by atoms with Crippen LogP contribution in [0.25, 0.3) is 0 Å². The van der Waals surface area contributed by atoms with Gasteiger partial charge in [0.05, 0.1) is 19.8 Å². The molecular formula is C18H23BrN2O6.